The summed E-state index contributed by atoms with van der Waals surface area (Å²) in [5, 5.41) is 8.88. The molecule has 4 nitrogen and oxygen atoms in total. The van der Waals surface area contributed by atoms with Crippen molar-refractivity contribution >= 4 is 5.97 Å². The minimum atomic E-state index is -1.08. The predicted octanol–water partition coefficient (Wildman–Crippen LogP) is 1.38. The van der Waals surface area contributed by atoms with Gasteiger partial charge in [0.15, 0.2) is 0 Å². The summed E-state index contributed by atoms with van der Waals surface area (Å²) in [6.07, 6.45) is 1.79. The zero-order valence-corrected chi connectivity index (χ0v) is 9.25. The van der Waals surface area contributed by atoms with E-state index in [0.717, 1.165) is 0 Å². The molecule has 1 atom stereocenters. The first-order valence-electron chi connectivity index (χ1n) is 5.06. The van der Waals surface area contributed by atoms with Crippen LogP contribution in [0.4, 0.5) is 0 Å². The smallest absolute Gasteiger partial charge is 0.323 e. The topological polar surface area (TPSA) is 72.5 Å². The molecule has 0 saturated carbocycles. The molecule has 0 aliphatic carbocycles. The largest absolute Gasteiger partial charge is 0.480 e. The summed E-state index contributed by atoms with van der Waals surface area (Å²) in [4.78, 5) is 10.8. The average Bonchev–Trinajstić information content (AvgIpc) is 2.11. The van der Waals surface area contributed by atoms with E-state index >= 15 is 0 Å². The van der Waals surface area contributed by atoms with E-state index in [9.17, 15) is 4.79 Å². The van der Waals surface area contributed by atoms with Crippen LogP contribution in [0.5, 0.6) is 0 Å². The molecule has 0 spiro atoms. The van der Waals surface area contributed by atoms with E-state index in [1.807, 2.05) is 13.8 Å². The molecule has 4 heteroatoms. The standard InChI is InChI=1S/C10H21NO3/c1-4-10(11,9(12)13)6-5-7-14-8(2)3/h8H,4-7,11H2,1-3H3,(H,12,13). The quantitative estimate of drug-likeness (QED) is 0.613. The minimum Gasteiger partial charge on any atom is -0.480 e. The number of nitrogens with two attached hydrogens (primary N) is 1. The summed E-state index contributed by atoms with van der Waals surface area (Å²) in [5.74, 6) is -0.926. The van der Waals surface area contributed by atoms with Crippen LogP contribution in [0.15, 0.2) is 0 Å². The van der Waals surface area contributed by atoms with Crippen molar-refractivity contribution in [2.45, 2.75) is 51.7 Å². The maximum absolute atomic E-state index is 10.8. The second-order valence-corrected chi connectivity index (χ2v) is 3.84. The Morgan fingerprint density at radius 1 is 1.57 bits per heavy atom. The lowest BCUT2D eigenvalue weighted by Gasteiger charge is -2.22. The zero-order valence-electron chi connectivity index (χ0n) is 9.25. The lowest BCUT2D eigenvalue weighted by atomic mass is 9.92. The summed E-state index contributed by atoms with van der Waals surface area (Å²) >= 11 is 0. The Bertz CT molecular complexity index is 182. The van der Waals surface area contributed by atoms with Gasteiger partial charge < -0.3 is 15.6 Å². The Hall–Kier alpha value is -0.610. The Labute approximate surface area is 85.4 Å². The molecule has 0 rings (SSSR count). The molecule has 84 valence electrons. The van der Waals surface area contributed by atoms with Crippen LogP contribution in [-0.2, 0) is 9.53 Å². The fourth-order valence-electron chi connectivity index (χ4n) is 1.14. The molecule has 0 fully saturated rings. The van der Waals surface area contributed by atoms with E-state index in [1.54, 1.807) is 6.92 Å². The van der Waals surface area contributed by atoms with Crippen molar-refractivity contribution in [1.82, 2.24) is 0 Å². The number of aliphatic carboxylic acids is 1. The first kappa shape index (κ1) is 13.4. The highest BCUT2D eigenvalue weighted by atomic mass is 16.5. The Morgan fingerprint density at radius 3 is 2.50 bits per heavy atom. The number of carboxylic acid groups (broad SMARTS) is 1. The predicted molar refractivity (Wildman–Crippen MR) is 55.2 cm³/mol. The van der Waals surface area contributed by atoms with E-state index in [2.05, 4.69) is 0 Å². The first-order chi connectivity index (χ1) is 6.42. The van der Waals surface area contributed by atoms with Crippen molar-refractivity contribution in [3.63, 3.8) is 0 Å². The molecule has 0 aromatic heterocycles. The summed E-state index contributed by atoms with van der Waals surface area (Å²) in [7, 11) is 0. The third-order valence-electron chi connectivity index (χ3n) is 2.28. The summed E-state index contributed by atoms with van der Waals surface area (Å²) in [6.45, 7) is 6.26. The maximum Gasteiger partial charge on any atom is 0.323 e. The van der Waals surface area contributed by atoms with Gasteiger partial charge in [-0.05, 0) is 33.1 Å². The lowest BCUT2D eigenvalue weighted by Crippen LogP contribution is -2.47. The molecule has 0 aliphatic heterocycles. The highest BCUT2D eigenvalue weighted by Crippen LogP contribution is 2.14. The molecular weight excluding hydrogens is 182 g/mol. The molecule has 0 saturated heterocycles. The van der Waals surface area contributed by atoms with Crippen LogP contribution in [0.3, 0.4) is 0 Å². The van der Waals surface area contributed by atoms with Crippen molar-refractivity contribution in [3.8, 4) is 0 Å². The third-order valence-corrected chi connectivity index (χ3v) is 2.28. The second-order valence-electron chi connectivity index (χ2n) is 3.84. The monoisotopic (exact) mass is 203 g/mol. The zero-order chi connectivity index (χ0) is 11.2. The van der Waals surface area contributed by atoms with Gasteiger partial charge in [0, 0.05) is 6.61 Å². The van der Waals surface area contributed by atoms with Gasteiger partial charge in [-0.1, -0.05) is 6.92 Å². The SMILES string of the molecule is CCC(N)(CCCOC(C)C)C(=O)O. The summed E-state index contributed by atoms with van der Waals surface area (Å²) < 4.78 is 5.31. The van der Waals surface area contributed by atoms with Crippen LogP contribution in [0.1, 0.15) is 40.0 Å². The summed E-state index contributed by atoms with van der Waals surface area (Å²) in [5.41, 5.74) is 4.62. The van der Waals surface area contributed by atoms with E-state index < -0.39 is 11.5 Å². The average molecular weight is 203 g/mol. The summed E-state index contributed by atoms with van der Waals surface area (Å²) in [6, 6.07) is 0. The van der Waals surface area contributed by atoms with E-state index in [0.29, 0.717) is 25.9 Å². The lowest BCUT2D eigenvalue weighted by molar-refractivity contribution is -0.143. The van der Waals surface area contributed by atoms with Crippen molar-refractivity contribution in [3.05, 3.63) is 0 Å². The van der Waals surface area contributed by atoms with E-state index in [1.165, 1.54) is 0 Å². The molecule has 0 radical (unpaired) electrons. The van der Waals surface area contributed by atoms with Crippen LogP contribution in [0.25, 0.3) is 0 Å². The fraction of sp³-hybridized carbons (Fsp3) is 0.900. The minimum absolute atomic E-state index is 0.189. The number of carbonyl (C=O) groups is 1. The molecule has 0 aromatic rings. The van der Waals surface area contributed by atoms with E-state index in [4.69, 9.17) is 15.6 Å². The second kappa shape index (κ2) is 5.98. The van der Waals surface area contributed by atoms with Crippen LogP contribution in [0.2, 0.25) is 0 Å². The van der Waals surface area contributed by atoms with Gasteiger partial charge in [-0.25, -0.2) is 0 Å². The van der Waals surface area contributed by atoms with Gasteiger partial charge in [-0.3, -0.25) is 4.79 Å². The number of carboxylic acids is 1. The molecule has 0 bridgehead atoms. The Kier molecular flexibility index (Phi) is 5.72. The van der Waals surface area contributed by atoms with Crippen molar-refractivity contribution in [2.75, 3.05) is 6.61 Å². The highest BCUT2D eigenvalue weighted by molar-refractivity contribution is 5.78. The fourth-order valence-corrected chi connectivity index (χ4v) is 1.14. The van der Waals surface area contributed by atoms with Crippen molar-refractivity contribution in [1.29, 1.82) is 0 Å². The highest BCUT2D eigenvalue weighted by Gasteiger charge is 2.30. The molecular formula is C10H21NO3. The first-order valence-corrected chi connectivity index (χ1v) is 5.06. The third kappa shape index (κ3) is 4.58. The van der Waals surface area contributed by atoms with Gasteiger partial charge in [0.05, 0.1) is 6.10 Å². The van der Waals surface area contributed by atoms with E-state index in [-0.39, 0.29) is 6.10 Å². The molecule has 3 N–H and O–H groups in total. The Morgan fingerprint density at radius 2 is 2.14 bits per heavy atom. The van der Waals surface area contributed by atoms with Crippen molar-refractivity contribution in [2.24, 2.45) is 5.73 Å². The molecule has 14 heavy (non-hydrogen) atoms. The normalized spacial score (nSPS) is 15.5. The van der Waals surface area contributed by atoms with Crippen LogP contribution < -0.4 is 5.73 Å². The molecule has 0 aromatic carbocycles. The number of ether oxygens (including phenoxy) is 1. The van der Waals surface area contributed by atoms with Gasteiger partial charge in [-0.2, -0.15) is 0 Å². The van der Waals surface area contributed by atoms with Gasteiger partial charge >= 0.3 is 5.97 Å². The van der Waals surface area contributed by atoms with Gasteiger partial charge in [0.1, 0.15) is 5.54 Å². The van der Waals surface area contributed by atoms with Gasteiger partial charge in [-0.15, -0.1) is 0 Å². The van der Waals surface area contributed by atoms with Crippen LogP contribution >= 0.6 is 0 Å². The maximum atomic E-state index is 10.8. The number of hydrogen-bond acceptors (Lipinski definition) is 3. The number of rotatable bonds is 7. The molecule has 0 amide bonds. The molecule has 0 aliphatic rings. The molecule has 1 unspecified atom stereocenters. The number of hydrogen-bond donors (Lipinski definition) is 2. The van der Waals surface area contributed by atoms with Crippen LogP contribution in [0, 0.1) is 0 Å². The van der Waals surface area contributed by atoms with Gasteiger partial charge in [0.25, 0.3) is 0 Å². The van der Waals surface area contributed by atoms with Crippen LogP contribution in [-0.4, -0.2) is 29.3 Å². The molecule has 0 heterocycles. The van der Waals surface area contributed by atoms with Gasteiger partial charge in [0.2, 0.25) is 0 Å². The van der Waals surface area contributed by atoms with Crippen molar-refractivity contribution < 1.29 is 14.6 Å². The Balaban J connectivity index is 3.79.